The maximum absolute atomic E-state index is 12.7. The van der Waals surface area contributed by atoms with E-state index in [0.717, 1.165) is 0 Å². The van der Waals surface area contributed by atoms with Crippen molar-refractivity contribution in [2.24, 2.45) is 0 Å². The van der Waals surface area contributed by atoms with Gasteiger partial charge in [0.1, 0.15) is 5.82 Å². The van der Waals surface area contributed by atoms with Gasteiger partial charge in [-0.3, -0.25) is 4.79 Å². The molecule has 1 aromatic rings. The lowest BCUT2D eigenvalue weighted by Gasteiger charge is -2.01. The summed E-state index contributed by atoms with van der Waals surface area (Å²) in [5.74, 6) is -0.537. The Labute approximate surface area is 68.0 Å². The summed E-state index contributed by atoms with van der Waals surface area (Å²) in [4.78, 5) is 9.94. The molecule has 0 saturated carbocycles. The number of anilines is 1. The predicted molar refractivity (Wildman–Crippen MR) is 41.1 cm³/mol. The zero-order chi connectivity index (χ0) is 8.27. The minimum atomic E-state index is -0.537. The number of para-hydroxylation sites is 1. The van der Waals surface area contributed by atoms with E-state index in [0.29, 0.717) is 6.41 Å². The van der Waals surface area contributed by atoms with Crippen molar-refractivity contribution in [1.29, 1.82) is 0 Å². The van der Waals surface area contributed by atoms with Gasteiger partial charge in [-0.25, -0.2) is 4.39 Å². The highest BCUT2D eigenvalue weighted by Gasteiger charge is 2.03. The molecule has 1 N–H and O–H groups in total. The number of nitrogens with one attached hydrogen (secondary N) is 1. The average molecular weight is 174 g/mol. The van der Waals surface area contributed by atoms with Crippen LogP contribution in [-0.4, -0.2) is 6.41 Å². The molecule has 2 nitrogen and oxygen atoms in total. The molecule has 0 atom stereocenters. The van der Waals surface area contributed by atoms with Crippen LogP contribution in [0.25, 0.3) is 0 Å². The van der Waals surface area contributed by atoms with Gasteiger partial charge in [-0.05, 0) is 12.1 Å². The quantitative estimate of drug-likeness (QED) is 0.682. The Bertz CT molecular complexity index is 257. The van der Waals surface area contributed by atoms with Crippen molar-refractivity contribution in [2.45, 2.75) is 0 Å². The van der Waals surface area contributed by atoms with Crippen molar-refractivity contribution in [1.82, 2.24) is 0 Å². The molecular formula is C7H5ClFNO. The second-order valence-corrected chi connectivity index (χ2v) is 2.27. The van der Waals surface area contributed by atoms with E-state index in [4.69, 9.17) is 11.6 Å². The fourth-order valence-electron chi connectivity index (χ4n) is 0.695. The number of amides is 1. The van der Waals surface area contributed by atoms with Crippen LogP contribution in [0.5, 0.6) is 0 Å². The van der Waals surface area contributed by atoms with E-state index in [1.165, 1.54) is 18.2 Å². The highest BCUT2D eigenvalue weighted by molar-refractivity contribution is 6.33. The molecule has 0 radical (unpaired) electrons. The average Bonchev–Trinajstić information content (AvgIpc) is 1.97. The van der Waals surface area contributed by atoms with E-state index in [1.807, 2.05) is 0 Å². The van der Waals surface area contributed by atoms with Gasteiger partial charge in [-0.15, -0.1) is 0 Å². The number of rotatable bonds is 2. The van der Waals surface area contributed by atoms with E-state index in [-0.39, 0.29) is 10.7 Å². The monoisotopic (exact) mass is 173 g/mol. The Morgan fingerprint density at radius 1 is 1.55 bits per heavy atom. The van der Waals surface area contributed by atoms with E-state index in [9.17, 15) is 9.18 Å². The minimum Gasteiger partial charge on any atom is -0.325 e. The maximum Gasteiger partial charge on any atom is 0.211 e. The summed E-state index contributed by atoms with van der Waals surface area (Å²) in [7, 11) is 0. The Morgan fingerprint density at radius 2 is 2.27 bits per heavy atom. The molecule has 0 bridgehead atoms. The van der Waals surface area contributed by atoms with Crippen molar-refractivity contribution < 1.29 is 9.18 Å². The number of carbonyl (C=O) groups is 1. The van der Waals surface area contributed by atoms with Gasteiger partial charge in [0.15, 0.2) is 0 Å². The van der Waals surface area contributed by atoms with Crippen molar-refractivity contribution in [3.8, 4) is 0 Å². The van der Waals surface area contributed by atoms with Gasteiger partial charge in [0, 0.05) is 0 Å². The zero-order valence-electron chi connectivity index (χ0n) is 5.47. The molecule has 1 amide bonds. The molecule has 0 aromatic heterocycles. The van der Waals surface area contributed by atoms with Crippen LogP contribution in [0.15, 0.2) is 18.2 Å². The van der Waals surface area contributed by atoms with Crippen LogP contribution in [-0.2, 0) is 4.79 Å². The van der Waals surface area contributed by atoms with Gasteiger partial charge in [-0.1, -0.05) is 17.7 Å². The SMILES string of the molecule is O=CNc1c(F)cccc1Cl. The fraction of sp³-hybridized carbons (Fsp3) is 0. The van der Waals surface area contributed by atoms with Crippen LogP contribution in [0, 0.1) is 5.82 Å². The third kappa shape index (κ3) is 1.68. The summed E-state index contributed by atoms with van der Waals surface area (Å²) in [6.07, 6.45) is 0.379. The Balaban J connectivity index is 3.09. The van der Waals surface area contributed by atoms with Crippen molar-refractivity contribution in [3.05, 3.63) is 29.0 Å². The van der Waals surface area contributed by atoms with E-state index in [2.05, 4.69) is 5.32 Å². The third-order valence-corrected chi connectivity index (χ3v) is 1.48. The van der Waals surface area contributed by atoms with E-state index < -0.39 is 5.82 Å². The summed E-state index contributed by atoms with van der Waals surface area (Å²) >= 11 is 5.55. The van der Waals surface area contributed by atoms with Crippen molar-refractivity contribution in [2.75, 3.05) is 5.32 Å². The first-order valence-electron chi connectivity index (χ1n) is 2.90. The standard InChI is InChI=1S/C7H5ClFNO/c8-5-2-1-3-6(9)7(5)10-4-11/h1-4H,(H,10,11). The molecule has 1 aromatic carbocycles. The number of halogens is 2. The van der Waals surface area contributed by atoms with Gasteiger partial charge in [0.25, 0.3) is 0 Å². The molecule has 4 heteroatoms. The van der Waals surface area contributed by atoms with Crippen LogP contribution in [0.3, 0.4) is 0 Å². The van der Waals surface area contributed by atoms with Crippen LogP contribution in [0.2, 0.25) is 5.02 Å². The lowest BCUT2D eigenvalue weighted by Crippen LogP contribution is -1.97. The first-order valence-corrected chi connectivity index (χ1v) is 3.27. The molecule has 11 heavy (non-hydrogen) atoms. The van der Waals surface area contributed by atoms with Gasteiger partial charge in [0.2, 0.25) is 6.41 Å². The van der Waals surface area contributed by atoms with E-state index >= 15 is 0 Å². The summed E-state index contributed by atoms with van der Waals surface area (Å²) in [6, 6.07) is 4.18. The summed E-state index contributed by atoms with van der Waals surface area (Å²) in [5, 5.41) is 2.35. The second-order valence-electron chi connectivity index (χ2n) is 1.86. The van der Waals surface area contributed by atoms with Crippen LogP contribution < -0.4 is 5.32 Å². The molecule has 58 valence electrons. The van der Waals surface area contributed by atoms with Crippen LogP contribution in [0.4, 0.5) is 10.1 Å². The predicted octanol–water partition coefficient (Wildman–Crippen LogP) is 2.05. The third-order valence-electron chi connectivity index (χ3n) is 1.17. The number of benzene rings is 1. The first-order chi connectivity index (χ1) is 5.25. The maximum atomic E-state index is 12.7. The summed E-state index contributed by atoms with van der Waals surface area (Å²) in [6.45, 7) is 0. The highest BCUT2D eigenvalue weighted by atomic mass is 35.5. The number of hydrogen-bond acceptors (Lipinski definition) is 1. The zero-order valence-corrected chi connectivity index (χ0v) is 6.23. The molecule has 0 unspecified atom stereocenters. The fourth-order valence-corrected chi connectivity index (χ4v) is 0.912. The van der Waals surface area contributed by atoms with Gasteiger partial charge >= 0.3 is 0 Å². The summed E-state index contributed by atoms with van der Waals surface area (Å²) in [5.41, 5.74) is 0.0177. The topological polar surface area (TPSA) is 29.1 Å². The van der Waals surface area contributed by atoms with Crippen LogP contribution in [0.1, 0.15) is 0 Å². The highest BCUT2D eigenvalue weighted by Crippen LogP contribution is 2.23. The van der Waals surface area contributed by atoms with E-state index in [1.54, 1.807) is 0 Å². The van der Waals surface area contributed by atoms with Gasteiger partial charge in [-0.2, -0.15) is 0 Å². The van der Waals surface area contributed by atoms with Crippen molar-refractivity contribution in [3.63, 3.8) is 0 Å². The molecule has 0 fully saturated rings. The molecule has 0 heterocycles. The number of hydrogen-bond donors (Lipinski definition) is 1. The van der Waals surface area contributed by atoms with Gasteiger partial charge < -0.3 is 5.32 Å². The molecular weight excluding hydrogens is 169 g/mol. The molecule has 0 spiro atoms. The normalized spacial score (nSPS) is 9.27. The second kappa shape index (κ2) is 3.34. The first kappa shape index (κ1) is 8.01. The van der Waals surface area contributed by atoms with Crippen molar-refractivity contribution >= 4 is 23.7 Å². The minimum absolute atomic E-state index is 0.0177. The Morgan fingerprint density at radius 3 is 2.82 bits per heavy atom. The Kier molecular flexibility index (Phi) is 2.44. The van der Waals surface area contributed by atoms with Gasteiger partial charge in [0.05, 0.1) is 10.7 Å². The smallest absolute Gasteiger partial charge is 0.211 e. The largest absolute Gasteiger partial charge is 0.325 e. The molecule has 0 aliphatic carbocycles. The molecule has 0 aliphatic rings. The summed E-state index contributed by atoms with van der Waals surface area (Å²) < 4.78 is 12.7. The van der Waals surface area contributed by atoms with Crippen LogP contribution >= 0.6 is 11.6 Å². The lowest BCUT2D eigenvalue weighted by atomic mass is 10.3. The molecule has 1 rings (SSSR count). The molecule has 0 aliphatic heterocycles. The molecule has 0 saturated heterocycles. The Hall–Kier alpha value is -1.09. The lowest BCUT2D eigenvalue weighted by molar-refractivity contribution is -0.105. The number of carbonyl (C=O) groups excluding carboxylic acids is 1.